The molecule has 0 saturated heterocycles. The van der Waals surface area contributed by atoms with E-state index >= 15 is 0 Å². The Morgan fingerprint density at radius 2 is 2.31 bits per heavy atom. The highest BCUT2D eigenvalue weighted by Gasteiger charge is 2.13. The minimum absolute atomic E-state index is 0.0585. The van der Waals surface area contributed by atoms with Crippen molar-refractivity contribution in [3.63, 3.8) is 0 Å². The Balaban J connectivity index is 3.07. The molecule has 0 aliphatic heterocycles. The van der Waals surface area contributed by atoms with Crippen LogP contribution >= 0.6 is 0 Å². The summed E-state index contributed by atoms with van der Waals surface area (Å²) in [5, 5.41) is 17.0. The topological polar surface area (TPSA) is 90.1 Å². The molecule has 0 bridgehead atoms. The number of nitrogens with two attached hydrogens (primary N) is 1. The zero-order valence-corrected chi connectivity index (χ0v) is 6.71. The van der Waals surface area contributed by atoms with Crippen LogP contribution < -0.4 is 5.73 Å². The summed E-state index contributed by atoms with van der Waals surface area (Å²) in [4.78, 5) is 10.2. The molecule has 3 N–H and O–H groups in total. The van der Waals surface area contributed by atoms with Gasteiger partial charge in [-0.3, -0.25) is 0 Å². The summed E-state index contributed by atoms with van der Waals surface area (Å²) in [6.07, 6.45) is 0. The van der Waals surface area contributed by atoms with Crippen molar-refractivity contribution in [3.8, 4) is 6.07 Å². The molecule has 1 atom stereocenters. The van der Waals surface area contributed by atoms with E-state index in [1.165, 1.54) is 12.1 Å². The summed E-state index contributed by atoms with van der Waals surface area (Å²) in [6.45, 7) is 0. The van der Waals surface area contributed by atoms with Gasteiger partial charge in [0.1, 0.15) is 6.04 Å². The van der Waals surface area contributed by atoms with Crippen LogP contribution in [-0.4, -0.2) is 10.1 Å². The maximum absolute atomic E-state index is 10.5. The van der Waals surface area contributed by atoms with E-state index in [4.69, 9.17) is 16.2 Å². The molecule has 1 aromatic carbocycles. The monoisotopic (exact) mass is 178 g/mol. The van der Waals surface area contributed by atoms with Crippen LogP contribution in [-0.2, 0) is 0 Å². The largest absolute Gasteiger partial charge is 0.316 e. The van der Waals surface area contributed by atoms with Crippen molar-refractivity contribution in [3.05, 3.63) is 34.7 Å². The van der Waals surface area contributed by atoms with Crippen molar-refractivity contribution in [1.29, 1.82) is 5.26 Å². The average molecular weight is 178 g/mol. The number of nitrogens with zero attached hydrogens (tertiary/aromatic N) is 2. The third kappa shape index (κ3) is 2.01. The van der Waals surface area contributed by atoms with Gasteiger partial charge in [0, 0.05) is 12.1 Å². The number of hydrogen-bond acceptors (Lipinski definition) is 3. The molecule has 0 aliphatic carbocycles. The van der Waals surface area contributed by atoms with Crippen molar-refractivity contribution in [2.75, 3.05) is 0 Å². The van der Waals surface area contributed by atoms with Crippen LogP contribution in [0.15, 0.2) is 24.3 Å². The average Bonchev–Trinajstić information content (AvgIpc) is 2.17. The van der Waals surface area contributed by atoms with Crippen LogP contribution in [0, 0.1) is 16.2 Å². The summed E-state index contributed by atoms with van der Waals surface area (Å²) in [5.41, 5.74) is 5.95. The molecule has 0 amide bonds. The molecule has 1 aromatic rings. The van der Waals surface area contributed by atoms with Gasteiger partial charge in [0.05, 0.1) is 11.0 Å². The number of benzene rings is 1. The van der Waals surface area contributed by atoms with Crippen molar-refractivity contribution in [2.45, 2.75) is 6.04 Å². The van der Waals surface area contributed by atoms with Crippen LogP contribution in [0.4, 0.5) is 5.69 Å². The molecule has 0 heterocycles. The predicted octanol–water partition coefficient (Wildman–Crippen LogP) is 1.01. The summed E-state index contributed by atoms with van der Waals surface area (Å²) in [6, 6.07) is 6.98. The van der Waals surface area contributed by atoms with Gasteiger partial charge in [-0.25, -0.2) is 5.21 Å². The first-order valence-electron chi connectivity index (χ1n) is 3.56. The molecule has 0 saturated carbocycles. The quantitative estimate of drug-likeness (QED) is 0.661. The number of nitriles is 1. The lowest BCUT2D eigenvalue weighted by atomic mass is 10.1. The predicted molar refractivity (Wildman–Crippen MR) is 44.1 cm³/mol. The molecular formula is C8H8N3O2+. The minimum atomic E-state index is -0.778. The summed E-state index contributed by atoms with van der Waals surface area (Å²) < 4.78 is 0. The Bertz CT molecular complexity index is 370. The van der Waals surface area contributed by atoms with Gasteiger partial charge in [-0.15, -0.1) is 0 Å². The first kappa shape index (κ1) is 9.16. The molecule has 1 rings (SSSR count). The van der Waals surface area contributed by atoms with Gasteiger partial charge in [0.2, 0.25) is 0 Å². The Kier molecular flexibility index (Phi) is 2.57. The van der Waals surface area contributed by atoms with E-state index in [1.54, 1.807) is 12.1 Å². The molecule has 13 heavy (non-hydrogen) atoms. The number of hydrogen-bond donors (Lipinski definition) is 2. The van der Waals surface area contributed by atoms with Crippen LogP contribution in [0.3, 0.4) is 0 Å². The van der Waals surface area contributed by atoms with E-state index in [0.29, 0.717) is 5.56 Å². The molecule has 0 spiro atoms. The van der Waals surface area contributed by atoms with E-state index in [9.17, 15) is 4.91 Å². The van der Waals surface area contributed by atoms with Crippen LogP contribution in [0.2, 0.25) is 0 Å². The molecule has 66 valence electrons. The van der Waals surface area contributed by atoms with Crippen molar-refractivity contribution >= 4 is 5.69 Å². The molecule has 5 heteroatoms. The van der Waals surface area contributed by atoms with Gasteiger partial charge >= 0.3 is 5.69 Å². The van der Waals surface area contributed by atoms with E-state index in [0.717, 1.165) is 0 Å². The fourth-order valence-corrected chi connectivity index (χ4v) is 0.912. The fraction of sp³-hybridized carbons (Fsp3) is 0.125. The molecule has 0 aliphatic rings. The summed E-state index contributed by atoms with van der Waals surface area (Å²) in [7, 11) is 0. The fourth-order valence-electron chi connectivity index (χ4n) is 0.912. The maximum atomic E-state index is 10.5. The van der Waals surface area contributed by atoms with Gasteiger partial charge in [-0.05, 0) is 5.56 Å². The van der Waals surface area contributed by atoms with Gasteiger partial charge in [0.15, 0.2) is 0 Å². The lowest BCUT2D eigenvalue weighted by Gasteiger charge is -1.99. The Morgan fingerprint density at radius 1 is 1.62 bits per heavy atom. The second kappa shape index (κ2) is 3.65. The lowest BCUT2D eigenvalue weighted by Crippen LogP contribution is -2.07. The van der Waals surface area contributed by atoms with Gasteiger partial charge < -0.3 is 5.73 Å². The smallest absolute Gasteiger partial charge is 0.312 e. The highest BCUT2D eigenvalue weighted by atomic mass is 16.6. The Hall–Kier alpha value is -1.93. The molecule has 5 nitrogen and oxygen atoms in total. The summed E-state index contributed by atoms with van der Waals surface area (Å²) in [5.74, 6) is 0. The molecule has 1 unspecified atom stereocenters. The zero-order chi connectivity index (χ0) is 9.84. The van der Waals surface area contributed by atoms with Crippen molar-refractivity contribution < 1.29 is 10.1 Å². The van der Waals surface area contributed by atoms with E-state index < -0.39 is 6.04 Å². The maximum Gasteiger partial charge on any atom is 0.316 e. The van der Waals surface area contributed by atoms with Gasteiger partial charge in [0.25, 0.3) is 4.92 Å². The first-order valence-corrected chi connectivity index (χ1v) is 3.56. The van der Waals surface area contributed by atoms with Gasteiger partial charge in [-0.1, -0.05) is 12.1 Å². The second-order valence-corrected chi connectivity index (χ2v) is 2.47. The van der Waals surface area contributed by atoms with Crippen LogP contribution in [0.25, 0.3) is 0 Å². The zero-order valence-electron chi connectivity index (χ0n) is 6.71. The molecular weight excluding hydrogens is 170 g/mol. The Morgan fingerprint density at radius 3 is 2.85 bits per heavy atom. The van der Waals surface area contributed by atoms with E-state index in [1.807, 2.05) is 6.07 Å². The second-order valence-electron chi connectivity index (χ2n) is 2.47. The minimum Gasteiger partial charge on any atom is -0.312 e. The Labute approximate surface area is 74.5 Å². The van der Waals surface area contributed by atoms with Crippen LogP contribution in [0.5, 0.6) is 0 Å². The third-order valence-electron chi connectivity index (χ3n) is 1.59. The van der Waals surface area contributed by atoms with Gasteiger partial charge in [-0.2, -0.15) is 5.26 Å². The third-order valence-corrected chi connectivity index (χ3v) is 1.59. The van der Waals surface area contributed by atoms with Crippen LogP contribution in [0.1, 0.15) is 11.6 Å². The van der Waals surface area contributed by atoms with E-state index in [-0.39, 0.29) is 10.6 Å². The van der Waals surface area contributed by atoms with Crippen molar-refractivity contribution in [2.24, 2.45) is 5.73 Å². The highest BCUT2D eigenvalue weighted by molar-refractivity contribution is 5.36. The number of rotatable bonds is 2. The normalized spacial score (nSPS) is 11.7. The SMILES string of the molecule is N#CC(N)c1cccc([N+](=O)O)c1. The van der Waals surface area contributed by atoms with Crippen molar-refractivity contribution in [1.82, 2.24) is 0 Å². The first-order chi connectivity index (χ1) is 6.15. The summed E-state index contributed by atoms with van der Waals surface area (Å²) >= 11 is 0. The molecule has 0 aromatic heterocycles. The highest BCUT2D eigenvalue weighted by Crippen LogP contribution is 2.16. The van der Waals surface area contributed by atoms with E-state index in [2.05, 4.69) is 0 Å². The molecule has 0 radical (unpaired) electrons. The molecule has 0 fully saturated rings. The standard InChI is InChI=1S/C8H8N3O2/c9-5-8(10)6-2-1-3-7(4-6)11(12)13/h1-4,8H,10H2,(H,12,13)/q+1. The lowest BCUT2D eigenvalue weighted by molar-refractivity contribution is -0.729.